The summed E-state index contributed by atoms with van der Waals surface area (Å²) in [4.78, 5) is 14.2. The third-order valence-electron chi connectivity index (χ3n) is 3.61. The van der Waals surface area contributed by atoms with Gasteiger partial charge in [0.25, 0.3) is 0 Å². The second-order valence-electron chi connectivity index (χ2n) is 5.39. The van der Waals surface area contributed by atoms with Gasteiger partial charge in [-0.25, -0.2) is 8.42 Å². The molecule has 1 aliphatic heterocycles. The fourth-order valence-electron chi connectivity index (χ4n) is 2.55. The van der Waals surface area contributed by atoms with Crippen LogP contribution < -0.4 is 5.32 Å². The number of carbonyl (C=O) groups is 1. The summed E-state index contributed by atoms with van der Waals surface area (Å²) < 4.78 is 28.3. The standard InChI is InChI=1S/C13H26N2O4S/c1-11(9-14-2)13(16)15(6-4-7-19-3)12-5-8-20(17,18)10-12/h11-12,14H,4-10H2,1-3H3. The summed E-state index contributed by atoms with van der Waals surface area (Å²) in [5, 5.41) is 2.99. The van der Waals surface area contributed by atoms with Crippen molar-refractivity contribution in [1.82, 2.24) is 10.2 Å². The van der Waals surface area contributed by atoms with Crippen LogP contribution in [0, 0.1) is 5.92 Å². The van der Waals surface area contributed by atoms with E-state index in [2.05, 4.69) is 5.32 Å². The molecular weight excluding hydrogens is 280 g/mol. The summed E-state index contributed by atoms with van der Waals surface area (Å²) in [7, 11) is 0.442. The third kappa shape index (κ3) is 5.03. The molecule has 0 aromatic rings. The van der Waals surface area contributed by atoms with Crippen molar-refractivity contribution in [3.05, 3.63) is 0 Å². The summed E-state index contributed by atoms with van der Waals surface area (Å²) in [6.45, 7) is 3.59. The number of carbonyl (C=O) groups excluding carboxylic acids is 1. The van der Waals surface area contributed by atoms with E-state index in [1.165, 1.54) is 0 Å². The predicted molar refractivity (Wildman–Crippen MR) is 78.4 cm³/mol. The van der Waals surface area contributed by atoms with Gasteiger partial charge in [0.1, 0.15) is 0 Å². The Bertz CT molecular complexity index is 411. The highest BCUT2D eigenvalue weighted by atomic mass is 32.2. The Labute approximate surface area is 121 Å². The Morgan fingerprint density at radius 3 is 2.70 bits per heavy atom. The number of hydrogen-bond donors (Lipinski definition) is 1. The van der Waals surface area contributed by atoms with Crippen LogP contribution in [0.3, 0.4) is 0 Å². The second-order valence-corrected chi connectivity index (χ2v) is 7.62. The van der Waals surface area contributed by atoms with Crippen molar-refractivity contribution >= 4 is 15.7 Å². The van der Waals surface area contributed by atoms with Gasteiger partial charge in [-0.15, -0.1) is 0 Å². The zero-order valence-electron chi connectivity index (χ0n) is 12.6. The number of ether oxygens (including phenoxy) is 1. The lowest BCUT2D eigenvalue weighted by molar-refractivity contribution is -0.137. The van der Waals surface area contributed by atoms with E-state index in [1.807, 2.05) is 6.92 Å². The summed E-state index contributed by atoms with van der Waals surface area (Å²) >= 11 is 0. The van der Waals surface area contributed by atoms with E-state index in [0.717, 1.165) is 6.42 Å². The zero-order chi connectivity index (χ0) is 15.2. The lowest BCUT2D eigenvalue weighted by Gasteiger charge is -2.30. The highest BCUT2D eigenvalue weighted by Gasteiger charge is 2.35. The molecule has 0 bridgehead atoms. The largest absolute Gasteiger partial charge is 0.385 e. The molecule has 0 spiro atoms. The topological polar surface area (TPSA) is 75.7 Å². The molecule has 1 N–H and O–H groups in total. The highest BCUT2D eigenvalue weighted by Crippen LogP contribution is 2.20. The van der Waals surface area contributed by atoms with E-state index in [1.54, 1.807) is 19.1 Å². The molecule has 0 aliphatic carbocycles. The monoisotopic (exact) mass is 306 g/mol. The molecule has 1 fully saturated rings. The fraction of sp³-hybridized carbons (Fsp3) is 0.923. The first kappa shape index (κ1) is 17.4. The minimum atomic E-state index is -2.98. The van der Waals surface area contributed by atoms with Gasteiger partial charge in [-0.05, 0) is 19.9 Å². The molecule has 6 nitrogen and oxygen atoms in total. The summed E-state index contributed by atoms with van der Waals surface area (Å²) in [6.07, 6.45) is 1.28. The molecule has 0 saturated carbocycles. The first-order chi connectivity index (χ1) is 9.41. The number of amides is 1. The molecule has 0 aromatic heterocycles. The maximum absolute atomic E-state index is 12.5. The normalized spacial score (nSPS) is 22.6. The van der Waals surface area contributed by atoms with Crippen LogP contribution >= 0.6 is 0 Å². The average Bonchev–Trinajstić information content (AvgIpc) is 2.74. The minimum Gasteiger partial charge on any atom is -0.385 e. The molecule has 20 heavy (non-hydrogen) atoms. The van der Waals surface area contributed by atoms with E-state index in [-0.39, 0.29) is 29.4 Å². The van der Waals surface area contributed by atoms with Crippen molar-refractivity contribution in [3.63, 3.8) is 0 Å². The number of hydrogen-bond acceptors (Lipinski definition) is 5. The number of nitrogens with zero attached hydrogens (tertiary/aromatic N) is 1. The first-order valence-corrected chi connectivity index (χ1v) is 8.88. The second kappa shape index (κ2) is 7.95. The Morgan fingerprint density at radius 1 is 1.50 bits per heavy atom. The smallest absolute Gasteiger partial charge is 0.226 e. The molecule has 118 valence electrons. The molecule has 7 heteroatoms. The molecule has 1 saturated heterocycles. The summed E-state index contributed by atoms with van der Waals surface area (Å²) in [5.74, 6) is 0.160. The Kier molecular flexibility index (Phi) is 6.91. The van der Waals surface area contributed by atoms with Crippen LogP contribution in [0.15, 0.2) is 0 Å². The van der Waals surface area contributed by atoms with Gasteiger partial charge in [0.05, 0.1) is 11.5 Å². The lowest BCUT2D eigenvalue weighted by atomic mass is 10.1. The zero-order valence-corrected chi connectivity index (χ0v) is 13.4. The van der Waals surface area contributed by atoms with Crippen LogP contribution in [-0.2, 0) is 19.4 Å². The molecule has 1 amide bonds. The van der Waals surface area contributed by atoms with Gasteiger partial charge in [-0.2, -0.15) is 0 Å². The molecule has 2 atom stereocenters. The molecule has 0 radical (unpaired) electrons. The fourth-order valence-corrected chi connectivity index (χ4v) is 4.28. The van der Waals surface area contributed by atoms with Crippen LogP contribution in [0.1, 0.15) is 19.8 Å². The van der Waals surface area contributed by atoms with Crippen LogP contribution in [0.5, 0.6) is 0 Å². The summed E-state index contributed by atoms with van der Waals surface area (Å²) in [5.41, 5.74) is 0. The Balaban J connectivity index is 2.72. The van der Waals surface area contributed by atoms with Crippen LogP contribution in [-0.4, -0.2) is 70.6 Å². The Hall–Kier alpha value is -0.660. The number of nitrogens with one attached hydrogen (secondary N) is 1. The van der Waals surface area contributed by atoms with Gasteiger partial charge in [0.2, 0.25) is 5.91 Å². The molecule has 2 unspecified atom stereocenters. The van der Waals surface area contributed by atoms with Crippen LogP contribution in [0.2, 0.25) is 0 Å². The molecule has 1 rings (SSSR count). The summed E-state index contributed by atoms with van der Waals surface area (Å²) in [6, 6.07) is -0.177. The minimum absolute atomic E-state index is 0.0255. The van der Waals surface area contributed by atoms with E-state index < -0.39 is 9.84 Å². The van der Waals surface area contributed by atoms with Crippen molar-refractivity contribution < 1.29 is 17.9 Å². The SMILES string of the molecule is CNCC(C)C(=O)N(CCCOC)C1CCS(=O)(=O)C1. The molecule has 1 heterocycles. The van der Waals surface area contributed by atoms with Crippen LogP contribution in [0.25, 0.3) is 0 Å². The Morgan fingerprint density at radius 2 is 2.20 bits per heavy atom. The van der Waals surface area contributed by atoms with Gasteiger partial charge in [0, 0.05) is 38.8 Å². The molecular formula is C13H26N2O4S. The van der Waals surface area contributed by atoms with Crippen molar-refractivity contribution in [2.75, 3.05) is 45.4 Å². The number of methoxy groups -OCH3 is 1. The first-order valence-electron chi connectivity index (χ1n) is 7.05. The third-order valence-corrected chi connectivity index (χ3v) is 5.36. The van der Waals surface area contributed by atoms with Gasteiger partial charge in [-0.3, -0.25) is 4.79 Å². The van der Waals surface area contributed by atoms with E-state index in [9.17, 15) is 13.2 Å². The van der Waals surface area contributed by atoms with Crippen molar-refractivity contribution in [2.45, 2.75) is 25.8 Å². The van der Waals surface area contributed by atoms with Gasteiger partial charge in [0.15, 0.2) is 9.84 Å². The van der Waals surface area contributed by atoms with Crippen LogP contribution in [0.4, 0.5) is 0 Å². The van der Waals surface area contributed by atoms with Crippen molar-refractivity contribution in [2.24, 2.45) is 5.92 Å². The maximum Gasteiger partial charge on any atom is 0.226 e. The highest BCUT2D eigenvalue weighted by molar-refractivity contribution is 7.91. The van der Waals surface area contributed by atoms with E-state index >= 15 is 0 Å². The van der Waals surface area contributed by atoms with Crippen molar-refractivity contribution in [3.8, 4) is 0 Å². The quantitative estimate of drug-likeness (QED) is 0.634. The lowest BCUT2D eigenvalue weighted by Crippen LogP contribution is -2.46. The predicted octanol–water partition coefficient (Wildman–Crippen LogP) is -0.106. The van der Waals surface area contributed by atoms with E-state index in [0.29, 0.717) is 26.1 Å². The average molecular weight is 306 g/mol. The van der Waals surface area contributed by atoms with Crippen molar-refractivity contribution in [1.29, 1.82) is 0 Å². The van der Waals surface area contributed by atoms with Gasteiger partial charge in [-0.1, -0.05) is 6.92 Å². The van der Waals surface area contributed by atoms with Gasteiger partial charge < -0.3 is 15.0 Å². The number of rotatable bonds is 8. The van der Waals surface area contributed by atoms with E-state index in [4.69, 9.17) is 4.74 Å². The maximum atomic E-state index is 12.5. The van der Waals surface area contributed by atoms with Gasteiger partial charge >= 0.3 is 0 Å². The number of sulfone groups is 1. The molecule has 1 aliphatic rings. The molecule has 0 aromatic carbocycles.